The maximum atomic E-state index is 5.35. The van der Waals surface area contributed by atoms with Crippen molar-refractivity contribution in [3.05, 3.63) is 32.7 Å². The van der Waals surface area contributed by atoms with Gasteiger partial charge < -0.3 is 4.42 Å². The molecule has 0 saturated carbocycles. The fourth-order valence-electron chi connectivity index (χ4n) is 0.805. The summed E-state index contributed by atoms with van der Waals surface area (Å²) in [5.41, 5.74) is 0. The molecule has 14 heavy (non-hydrogen) atoms. The molecular formula is C7H4BrIN4O. The summed E-state index contributed by atoms with van der Waals surface area (Å²) in [4.78, 5) is 0. The first-order valence-corrected chi connectivity index (χ1v) is 5.46. The fraction of sp³-hybridized carbons (Fsp3) is 0. The van der Waals surface area contributed by atoms with Crippen LogP contribution < -0.4 is 0 Å². The van der Waals surface area contributed by atoms with E-state index in [1.54, 1.807) is 6.21 Å². The molecule has 0 saturated heterocycles. The van der Waals surface area contributed by atoms with Gasteiger partial charge in [-0.15, -0.1) is 10.2 Å². The van der Waals surface area contributed by atoms with E-state index in [4.69, 9.17) is 4.42 Å². The second-order valence-corrected chi connectivity index (χ2v) is 4.19. The minimum absolute atomic E-state index is 0.676. The lowest BCUT2D eigenvalue weighted by Gasteiger charge is -1.86. The third kappa shape index (κ3) is 2.21. The Morgan fingerprint density at radius 1 is 1.50 bits per heavy atom. The molecule has 72 valence electrons. The SMILES string of the molecule is Brc1cc(/C=N/n2cnnc2)oc1I. The van der Waals surface area contributed by atoms with Gasteiger partial charge in [0, 0.05) is 28.7 Å². The second kappa shape index (κ2) is 4.22. The minimum atomic E-state index is 0.676. The monoisotopic (exact) mass is 366 g/mol. The summed E-state index contributed by atoms with van der Waals surface area (Å²) < 4.78 is 8.56. The molecule has 0 N–H and O–H groups in total. The van der Waals surface area contributed by atoms with Crippen LogP contribution >= 0.6 is 38.5 Å². The van der Waals surface area contributed by atoms with Crippen molar-refractivity contribution in [1.29, 1.82) is 0 Å². The molecule has 0 aliphatic heterocycles. The zero-order valence-corrected chi connectivity index (χ0v) is 10.5. The predicted octanol–water partition coefficient (Wildman–Crippen LogP) is 2.12. The molecule has 0 spiro atoms. The number of hydrogen-bond acceptors (Lipinski definition) is 4. The Bertz CT molecular complexity index is 431. The van der Waals surface area contributed by atoms with Gasteiger partial charge in [0.15, 0.2) is 3.77 Å². The van der Waals surface area contributed by atoms with Crippen LogP contribution in [0.1, 0.15) is 5.76 Å². The first-order valence-electron chi connectivity index (χ1n) is 3.59. The van der Waals surface area contributed by atoms with Crippen LogP contribution in [0.4, 0.5) is 0 Å². The highest BCUT2D eigenvalue weighted by molar-refractivity contribution is 14.1. The van der Waals surface area contributed by atoms with E-state index in [0.717, 1.165) is 8.24 Å². The van der Waals surface area contributed by atoms with Crippen molar-refractivity contribution in [2.24, 2.45) is 5.10 Å². The quantitative estimate of drug-likeness (QED) is 0.604. The van der Waals surface area contributed by atoms with Gasteiger partial charge in [-0.3, -0.25) is 0 Å². The summed E-state index contributed by atoms with van der Waals surface area (Å²) in [5.74, 6) is 0.676. The van der Waals surface area contributed by atoms with Crippen LogP contribution in [-0.2, 0) is 0 Å². The lowest BCUT2D eigenvalue weighted by molar-refractivity contribution is 0.529. The summed E-state index contributed by atoms with van der Waals surface area (Å²) >= 11 is 5.43. The van der Waals surface area contributed by atoms with E-state index >= 15 is 0 Å². The normalized spacial score (nSPS) is 11.3. The van der Waals surface area contributed by atoms with Gasteiger partial charge >= 0.3 is 0 Å². The topological polar surface area (TPSA) is 56.2 Å². The highest BCUT2D eigenvalue weighted by Gasteiger charge is 2.02. The maximum absolute atomic E-state index is 5.35. The van der Waals surface area contributed by atoms with E-state index in [-0.39, 0.29) is 0 Å². The molecule has 2 rings (SSSR count). The average molecular weight is 367 g/mol. The molecule has 5 nitrogen and oxygen atoms in total. The average Bonchev–Trinajstić information content (AvgIpc) is 2.74. The zero-order valence-electron chi connectivity index (χ0n) is 6.76. The number of nitrogens with zero attached hydrogens (tertiary/aromatic N) is 4. The Labute approximate surface area is 101 Å². The molecule has 0 aromatic carbocycles. The van der Waals surface area contributed by atoms with Gasteiger partial charge in [-0.1, -0.05) is 0 Å². The van der Waals surface area contributed by atoms with E-state index in [1.165, 1.54) is 17.3 Å². The van der Waals surface area contributed by atoms with E-state index in [1.807, 2.05) is 6.07 Å². The standard InChI is InChI=1S/C7H4BrIN4O/c8-6-1-5(14-7(6)9)2-12-13-3-10-11-4-13/h1-4H/b12-2+. The molecule has 0 aliphatic carbocycles. The van der Waals surface area contributed by atoms with Crippen LogP contribution in [0, 0.1) is 3.77 Å². The van der Waals surface area contributed by atoms with Crippen molar-refractivity contribution < 1.29 is 4.42 Å². The number of aromatic nitrogens is 3. The molecule has 0 fully saturated rings. The smallest absolute Gasteiger partial charge is 0.178 e. The van der Waals surface area contributed by atoms with E-state index in [9.17, 15) is 0 Å². The largest absolute Gasteiger partial charge is 0.448 e. The number of rotatable bonds is 2. The molecular weight excluding hydrogens is 363 g/mol. The summed E-state index contributed by atoms with van der Waals surface area (Å²) in [7, 11) is 0. The van der Waals surface area contributed by atoms with Crippen molar-refractivity contribution in [3.63, 3.8) is 0 Å². The van der Waals surface area contributed by atoms with Crippen LogP contribution in [0.5, 0.6) is 0 Å². The predicted molar refractivity (Wildman–Crippen MR) is 62.1 cm³/mol. The molecule has 0 atom stereocenters. The summed E-state index contributed by atoms with van der Waals surface area (Å²) in [6.45, 7) is 0. The van der Waals surface area contributed by atoms with E-state index in [0.29, 0.717) is 5.76 Å². The van der Waals surface area contributed by atoms with Gasteiger partial charge in [0.05, 0.1) is 10.7 Å². The molecule has 0 aliphatic rings. The van der Waals surface area contributed by atoms with E-state index < -0.39 is 0 Å². The Balaban J connectivity index is 2.18. The lowest BCUT2D eigenvalue weighted by atomic mass is 10.5. The number of hydrogen-bond donors (Lipinski definition) is 0. The van der Waals surface area contributed by atoms with Gasteiger partial charge in [-0.25, -0.2) is 4.68 Å². The molecule has 0 bridgehead atoms. The van der Waals surface area contributed by atoms with Crippen LogP contribution in [0.15, 0.2) is 32.7 Å². The highest BCUT2D eigenvalue weighted by atomic mass is 127. The Hall–Kier alpha value is -0.700. The van der Waals surface area contributed by atoms with Gasteiger partial charge in [-0.05, 0) is 15.9 Å². The first-order chi connectivity index (χ1) is 6.75. The molecule has 0 amide bonds. The van der Waals surface area contributed by atoms with Crippen molar-refractivity contribution >= 4 is 44.7 Å². The van der Waals surface area contributed by atoms with Crippen molar-refractivity contribution in [3.8, 4) is 0 Å². The van der Waals surface area contributed by atoms with Crippen molar-refractivity contribution in [2.75, 3.05) is 0 Å². The van der Waals surface area contributed by atoms with Crippen LogP contribution in [0.3, 0.4) is 0 Å². The fourth-order valence-corrected chi connectivity index (χ4v) is 1.52. The number of halogens is 2. The second-order valence-electron chi connectivity index (χ2n) is 2.36. The lowest BCUT2D eigenvalue weighted by Crippen LogP contribution is -1.84. The van der Waals surface area contributed by atoms with Crippen molar-refractivity contribution in [2.45, 2.75) is 0 Å². The Morgan fingerprint density at radius 3 is 2.79 bits per heavy atom. The van der Waals surface area contributed by atoms with Gasteiger partial charge in [0.25, 0.3) is 0 Å². The van der Waals surface area contributed by atoms with Crippen LogP contribution in [0.2, 0.25) is 0 Å². The minimum Gasteiger partial charge on any atom is -0.448 e. The van der Waals surface area contributed by atoms with E-state index in [2.05, 4.69) is 53.8 Å². The summed E-state index contributed by atoms with van der Waals surface area (Å²) in [5, 5.41) is 11.3. The summed E-state index contributed by atoms with van der Waals surface area (Å²) in [6, 6.07) is 1.84. The van der Waals surface area contributed by atoms with Gasteiger partial charge in [0.1, 0.15) is 18.4 Å². The van der Waals surface area contributed by atoms with Crippen LogP contribution in [-0.4, -0.2) is 21.1 Å². The molecule has 0 unspecified atom stereocenters. The molecule has 0 radical (unpaired) electrons. The Kier molecular flexibility index (Phi) is 2.96. The third-order valence-corrected chi connectivity index (χ3v) is 3.52. The first kappa shape index (κ1) is 9.84. The molecule has 2 heterocycles. The van der Waals surface area contributed by atoms with Gasteiger partial charge in [0.2, 0.25) is 0 Å². The maximum Gasteiger partial charge on any atom is 0.178 e. The Morgan fingerprint density at radius 2 is 2.21 bits per heavy atom. The summed E-state index contributed by atoms with van der Waals surface area (Å²) in [6.07, 6.45) is 4.59. The van der Waals surface area contributed by atoms with Crippen LogP contribution in [0.25, 0.3) is 0 Å². The molecule has 7 heteroatoms. The zero-order chi connectivity index (χ0) is 9.97. The van der Waals surface area contributed by atoms with Crippen molar-refractivity contribution in [1.82, 2.24) is 14.9 Å². The highest BCUT2D eigenvalue weighted by Crippen LogP contribution is 2.21. The number of furan rings is 1. The third-order valence-electron chi connectivity index (χ3n) is 1.39. The molecule has 2 aromatic rings. The molecule has 2 aromatic heterocycles. The van der Waals surface area contributed by atoms with Gasteiger partial charge in [-0.2, -0.15) is 5.10 Å².